The van der Waals surface area contributed by atoms with E-state index in [1.807, 2.05) is 12.1 Å². The van der Waals surface area contributed by atoms with E-state index in [-0.39, 0.29) is 12.5 Å². The number of nitrogens with zero attached hydrogens (tertiary/aromatic N) is 3. The Kier molecular flexibility index (Phi) is 7.12. The van der Waals surface area contributed by atoms with Crippen LogP contribution in [0.15, 0.2) is 0 Å². The predicted molar refractivity (Wildman–Crippen MR) is 51.0 cm³/mol. The summed E-state index contributed by atoms with van der Waals surface area (Å²) in [6, 6.07) is 3.95. The Morgan fingerprint density at radius 2 is 2.00 bits per heavy atom. The standard InChI is InChI=1S/C9H14N4O/c1-13(7-3-5-11)8-9(14)12-6-2-4-10/h2-3,6-8H2,1H3,(H,12,14). The fourth-order valence-corrected chi connectivity index (χ4v) is 0.879. The summed E-state index contributed by atoms with van der Waals surface area (Å²) in [5, 5.41) is 19.1. The van der Waals surface area contributed by atoms with Gasteiger partial charge in [0.05, 0.1) is 25.1 Å². The van der Waals surface area contributed by atoms with Gasteiger partial charge in [-0.15, -0.1) is 0 Å². The number of hydrogen-bond acceptors (Lipinski definition) is 4. The van der Waals surface area contributed by atoms with Gasteiger partial charge < -0.3 is 5.32 Å². The molecule has 0 aromatic rings. The quantitative estimate of drug-likeness (QED) is 0.597. The van der Waals surface area contributed by atoms with Crippen molar-refractivity contribution in [2.45, 2.75) is 12.8 Å². The van der Waals surface area contributed by atoms with Crippen molar-refractivity contribution in [3.05, 3.63) is 0 Å². The Morgan fingerprint density at radius 1 is 1.36 bits per heavy atom. The van der Waals surface area contributed by atoms with Crippen LogP contribution in [-0.2, 0) is 4.79 Å². The molecule has 0 spiro atoms. The number of carbonyl (C=O) groups is 1. The van der Waals surface area contributed by atoms with Crippen LogP contribution in [0.3, 0.4) is 0 Å². The van der Waals surface area contributed by atoms with Gasteiger partial charge >= 0.3 is 0 Å². The predicted octanol–water partition coefficient (Wildman–Crippen LogP) is -0.138. The number of likely N-dealkylation sites (N-methyl/N-ethyl adjacent to an activating group) is 1. The lowest BCUT2D eigenvalue weighted by atomic mass is 10.4. The monoisotopic (exact) mass is 194 g/mol. The van der Waals surface area contributed by atoms with Gasteiger partial charge in [0.15, 0.2) is 0 Å². The van der Waals surface area contributed by atoms with Gasteiger partial charge in [-0.3, -0.25) is 9.69 Å². The first kappa shape index (κ1) is 12.4. The summed E-state index contributed by atoms with van der Waals surface area (Å²) >= 11 is 0. The molecule has 0 aliphatic rings. The molecule has 0 radical (unpaired) electrons. The molecule has 5 nitrogen and oxygen atoms in total. The number of nitrogens with one attached hydrogen (secondary N) is 1. The van der Waals surface area contributed by atoms with E-state index in [0.717, 1.165) is 0 Å². The zero-order valence-electron chi connectivity index (χ0n) is 8.29. The van der Waals surface area contributed by atoms with Crippen LogP contribution in [0.5, 0.6) is 0 Å². The molecule has 0 saturated heterocycles. The van der Waals surface area contributed by atoms with E-state index in [1.165, 1.54) is 0 Å². The SMILES string of the molecule is CN(CCC#N)CC(=O)NCCC#N. The summed E-state index contributed by atoms with van der Waals surface area (Å²) in [5.41, 5.74) is 0. The Hall–Kier alpha value is -1.59. The van der Waals surface area contributed by atoms with E-state index in [0.29, 0.717) is 25.9 Å². The molecule has 14 heavy (non-hydrogen) atoms. The van der Waals surface area contributed by atoms with Crippen LogP contribution in [0, 0.1) is 22.7 Å². The van der Waals surface area contributed by atoms with Crippen LogP contribution in [0.25, 0.3) is 0 Å². The van der Waals surface area contributed by atoms with Crippen molar-refractivity contribution in [1.82, 2.24) is 10.2 Å². The largest absolute Gasteiger partial charge is 0.354 e. The third-order valence-electron chi connectivity index (χ3n) is 1.58. The van der Waals surface area contributed by atoms with Crippen molar-refractivity contribution >= 4 is 5.91 Å². The lowest BCUT2D eigenvalue weighted by Crippen LogP contribution is -2.35. The van der Waals surface area contributed by atoms with Crippen molar-refractivity contribution in [3.8, 4) is 12.1 Å². The molecular weight excluding hydrogens is 180 g/mol. The van der Waals surface area contributed by atoms with E-state index >= 15 is 0 Å². The van der Waals surface area contributed by atoms with Crippen molar-refractivity contribution in [1.29, 1.82) is 10.5 Å². The van der Waals surface area contributed by atoms with E-state index in [2.05, 4.69) is 5.32 Å². The average molecular weight is 194 g/mol. The fourth-order valence-electron chi connectivity index (χ4n) is 0.879. The van der Waals surface area contributed by atoms with Gasteiger partial charge in [-0.25, -0.2) is 0 Å². The minimum Gasteiger partial charge on any atom is -0.354 e. The molecule has 0 aliphatic carbocycles. The van der Waals surface area contributed by atoms with Crippen LogP contribution < -0.4 is 5.32 Å². The molecule has 0 aromatic carbocycles. The summed E-state index contributed by atoms with van der Waals surface area (Å²) in [6.45, 7) is 1.25. The van der Waals surface area contributed by atoms with Crippen LogP contribution in [0.2, 0.25) is 0 Å². The van der Waals surface area contributed by atoms with E-state index < -0.39 is 0 Å². The second kappa shape index (κ2) is 8.03. The smallest absolute Gasteiger partial charge is 0.234 e. The normalized spacial score (nSPS) is 9.14. The highest BCUT2D eigenvalue weighted by atomic mass is 16.1. The highest BCUT2D eigenvalue weighted by Crippen LogP contribution is 1.85. The van der Waals surface area contributed by atoms with E-state index in [4.69, 9.17) is 10.5 Å². The van der Waals surface area contributed by atoms with Gasteiger partial charge in [-0.2, -0.15) is 10.5 Å². The molecule has 1 N–H and O–H groups in total. The highest BCUT2D eigenvalue weighted by Gasteiger charge is 2.04. The summed E-state index contributed by atoms with van der Waals surface area (Å²) in [5.74, 6) is -0.110. The first-order valence-corrected chi connectivity index (χ1v) is 4.40. The average Bonchev–Trinajstić information content (AvgIpc) is 2.15. The van der Waals surface area contributed by atoms with Crippen LogP contribution in [0.1, 0.15) is 12.8 Å². The fraction of sp³-hybridized carbons (Fsp3) is 0.667. The molecule has 0 bridgehead atoms. The summed E-state index contributed by atoms with van der Waals surface area (Å²) in [7, 11) is 1.78. The number of hydrogen-bond donors (Lipinski definition) is 1. The topological polar surface area (TPSA) is 79.9 Å². The molecule has 0 unspecified atom stereocenters. The van der Waals surface area contributed by atoms with Crippen molar-refractivity contribution < 1.29 is 4.79 Å². The molecular formula is C9H14N4O. The summed E-state index contributed by atoms with van der Waals surface area (Å²) in [6.07, 6.45) is 0.746. The maximum atomic E-state index is 11.1. The zero-order chi connectivity index (χ0) is 10.8. The molecule has 0 aromatic heterocycles. The maximum Gasteiger partial charge on any atom is 0.234 e. The minimum absolute atomic E-state index is 0.110. The lowest BCUT2D eigenvalue weighted by Gasteiger charge is -2.13. The van der Waals surface area contributed by atoms with Crippen LogP contribution >= 0.6 is 0 Å². The van der Waals surface area contributed by atoms with Crippen LogP contribution in [0.4, 0.5) is 0 Å². The van der Waals surface area contributed by atoms with Gasteiger partial charge in [0.25, 0.3) is 0 Å². The second-order valence-electron chi connectivity index (χ2n) is 2.90. The molecule has 0 atom stereocenters. The second-order valence-corrected chi connectivity index (χ2v) is 2.90. The molecule has 76 valence electrons. The Balaban J connectivity index is 3.52. The van der Waals surface area contributed by atoms with Crippen molar-refractivity contribution in [2.75, 3.05) is 26.7 Å². The van der Waals surface area contributed by atoms with E-state index in [9.17, 15) is 4.79 Å². The molecule has 0 saturated carbocycles. The van der Waals surface area contributed by atoms with Gasteiger partial charge in [0.1, 0.15) is 0 Å². The van der Waals surface area contributed by atoms with Gasteiger partial charge in [0, 0.05) is 19.5 Å². The minimum atomic E-state index is -0.110. The summed E-state index contributed by atoms with van der Waals surface area (Å²) < 4.78 is 0. The number of carbonyl (C=O) groups excluding carboxylic acids is 1. The molecule has 1 amide bonds. The zero-order valence-corrected chi connectivity index (χ0v) is 8.29. The number of nitriles is 2. The molecule has 5 heteroatoms. The molecule has 0 rings (SSSR count). The van der Waals surface area contributed by atoms with E-state index in [1.54, 1.807) is 11.9 Å². The molecule has 0 fully saturated rings. The Morgan fingerprint density at radius 3 is 2.57 bits per heavy atom. The van der Waals surface area contributed by atoms with Crippen molar-refractivity contribution in [3.63, 3.8) is 0 Å². The Labute approximate surface area is 83.9 Å². The third-order valence-corrected chi connectivity index (χ3v) is 1.58. The van der Waals surface area contributed by atoms with Gasteiger partial charge in [-0.1, -0.05) is 0 Å². The highest BCUT2D eigenvalue weighted by molar-refractivity contribution is 5.77. The number of amides is 1. The first-order valence-electron chi connectivity index (χ1n) is 4.40. The summed E-state index contributed by atoms with van der Waals surface area (Å²) in [4.78, 5) is 12.9. The van der Waals surface area contributed by atoms with Crippen molar-refractivity contribution in [2.24, 2.45) is 0 Å². The lowest BCUT2D eigenvalue weighted by molar-refractivity contribution is -0.121. The first-order chi connectivity index (χ1) is 6.70. The molecule has 0 aliphatic heterocycles. The maximum absolute atomic E-state index is 11.1. The van der Waals surface area contributed by atoms with Gasteiger partial charge in [0.2, 0.25) is 5.91 Å². The van der Waals surface area contributed by atoms with Crippen LogP contribution in [-0.4, -0.2) is 37.5 Å². The van der Waals surface area contributed by atoms with Gasteiger partial charge in [-0.05, 0) is 7.05 Å². The Bertz CT molecular complexity index is 251. The number of rotatable bonds is 6. The molecule has 0 heterocycles. The third kappa shape index (κ3) is 7.08.